The molecule has 1 aromatic rings. The minimum Gasteiger partial charge on any atom is -0.354 e. The second kappa shape index (κ2) is 7.14. The van der Waals surface area contributed by atoms with Gasteiger partial charge in [-0.25, -0.2) is 8.78 Å². The third-order valence-electron chi connectivity index (χ3n) is 4.97. The van der Waals surface area contributed by atoms with Crippen LogP contribution in [0, 0.1) is 0 Å². The fraction of sp³-hybridized carbons (Fsp3) is 0.588. The second-order valence-electron chi connectivity index (χ2n) is 6.56. The lowest BCUT2D eigenvalue weighted by molar-refractivity contribution is -0.123. The highest BCUT2D eigenvalue weighted by Gasteiger charge is 2.43. The Bertz CT molecular complexity index is 533. The monoisotopic (exact) mass is 344 g/mol. The summed E-state index contributed by atoms with van der Waals surface area (Å²) in [6.45, 7) is 0.120. The summed E-state index contributed by atoms with van der Waals surface area (Å²) in [5, 5.41) is 5.52. The summed E-state index contributed by atoms with van der Waals surface area (Å²) in [7, 11) is 0. The Balaban J connectivity index is 0.00000192. The Labute approximate surface area is 141 Å². The van der Waals surface area contributed by atoms with Crippen molar-refractivity contribution in [2.45, 2.75) is 49.5 Å². The number of alkyl halides is 2. The standard InChI is InChI=1S/C17H22F2N2O.ClH/c18-17(19)10-14(20-12-17)15(22)21-11-16(8-4-5-9-16)13-6-2-1-3-7-13;/h1-3,6-7,14,20H,4-5,8-12H2,(H,21,22);1H. The highest BCUT2D eigenvalue weighted by molar-refractivity contribution is 5.85. The molecule has 0 radical (unpaired) electrons. The second-order valence-corrected chi connectivity index (χ2v) is 6.56. The summed E-state index contributed by atoms with van der Waals surface area (Å²) in [5.41, 5.74) is 1.19. The van der Waals surface area contributed by atoms with Crippen molar-refractivity contribution < 1.29 is 13.6 Å². The van der Waals surface area contributed by atoms with Crippen molar-refractivity contribution in [2.75, 3.05) is 13.1 Å². The zero-order valence-electron chi connectivity index (χ0n) is 13.0. The summed E-state index contributed by atoms with van der Waals surface area (Å²) >= 11 is 0. The average molecular weight is 345 g/mol. The van der Waals surface area contributed by atoms with E-state index in [1.807, 2.05) is 18.2 Å². The minimum absolute atomic E-state index is 0. The number of carbonyl (C=O) groups is 1. The van der Waals surface area contributed by atoms with Gasteiger partial charge in [-0.05, 0) is 18.4 Å². The molecule has 1 unspecified atom stereocenters. The predicted molar refractivity (Wildman–Crippen MR) is 88.2 cm³/mol. The van der Waals surface area contributed by atoms with Gasteiger partial charge in [0.2, 0.25) is 5.91 Å². The molecular weight excluding hydrogens is 322 g/mol. The molecule has 128 valence electrons. The normalized spacial score (nSPS) is 24.9. The summed E-state index contributed by atoms with van der Waals surface area (Å²) in [6, 6.07) is 9.42. The van der Waals surface area contributed by atoms with E-state index < -0.39 is 24.9 Å². The van der Waals surface area contributed by atoms with E-state index in [2.05, 4.69) is 22.8 Å². The van der Waals surface area contributed by atoms with E-state index in [0.29, 0.717) is 6.54 Å². The summed E-state index contributed by atoms with van der Waals surface area (Å²) in [5.74, 6) is -3.08. The zero-order chi connectivity index (χ0) is 15.6. The molecule has 1 aromatic carbocycles. The van der Waals surface area contributed by atoms with Gasteiger partial charge in [-0.2, -0.15) is 0 Å². The third kappa shape index (κ3) is 4.01. The molecule has 1 atom stereocenters. The molecule has 1 saturated heterocycles. The number of halogens is 3. The van der Waals surface area contributed by atoms with Crippen LogP contribution in [0.3, 0.4) is 0 Å². The lowest BCUT2D eigenvalue weighted by Gasteiger charge is -2.30. The molecular formula is C17H23ClF2N2O. The molecule has 1 amide bonds. The molecule has 1 heterocycles. The van der Waals surface area contributed by atoms with Gasteiger partial charge in [0.1, 0.15) is 0 Å². The van der Waals surface area contributed by atoms with Crippen LogP contribution in [0.1, 0.15) is 37.7 Å². The largest absolute Gasteiger partial charge is 0.354 e. The van der Waals surface area contributed by atoms with Crippen LogP contribution >= 0.6 is 12.4 Å². The van der Waals surface area contributed by atoms with E-state index in [-0.39, 0.29) is 23.7 Å². The van der Waals surface area contributed by atoms with Gasteiger partial charge in [-0.3, -0.25) is 10.1 Å². The van der Waals surface area contributed by atoms with E-state index in [0.717, 1.165) is 25.7 Å². The van der Waals surface area contributed by atoms with Crippen LogP contribution in [-0.4, -0.2) is 31.0 Å². The Hall–Kier alpha value is -1.20. The van der Waals surface area contributed by atoms with Crippen LogP contribution in [0.5, 0.6) is 0 Å². The third-order valence-corrected chi connectivity index (χ3v) is 4.97. The number of nitrogens with one attached hydrogen (secondary N) is 2. The van der Waals surface area contributed by atoms with Gasteiger partial charge in [-0.1, -0.05) is 43.2 Å². The maximum Gasteiger partial charge on any atom is 0.262 e. The smallest absolute Gasteiger partial charge is 0.262 e. The van der Waals surface area contributed by atoms with Crippen LogP contribution in [0.4, 0.5) is 8.78 Å². The summed E-state index contributed by atoms with van der Waals surface area (Å²) in [4.78, 5) is 12.2. The van der Waals surface area contributed by atoms with Crippen LogP contribution in [-0.2, 0) is 10.2 Å². The lowest BCUT2D eigenvalue weighted by Crippen LogP contribution is -2.46. The molecule has 0 aromatic heterocycles. The van der Waals surface area contributed by atoms with Gasteiger partial charge in [0.25, 0.3) is 5.92 Å². The van der Waals surface area contributed by atoms with Gasteiger partial charge in [0, 0.05) is 18.4 Å². The molecule has 3 nitrogen and oxygen atoms in total. The fourth-order valence-corrected chi connectivity index (χ4v) is 3.69. The molecule has 2 N–H and O–H groups in total. The number of amides is 1. The first-order chi connectivity index (χ1) is 10.5. The molecule has 0 spiro atoms. The number of benzene rings is 1. The summed E-state index contributed by atoms with van der Waals surface area (Å²) < 4.78 is 26.4. The van der Waals surface area contributed by atoms with Crippen LogP contribution in [0.15, 0.2) is 30.3 Å². The zero-order valence-corrected chi connectivity index (χ0v) is 13.8. The molecule has 3 rings (SSSR count). The topological polar surface area (TPSA) is 41.1 Å². The molecule has 0 bridgehead atoms. The van der Waals surface area contributed by atoms with Crippen molar-refractivity contribution in [2.24, 2.45) is 0 Å². The Morgan fingerprint density at radius 2 is 1.87 bits per heavy atom. The number of carbonyl (C=O) groups excluding carboxylic acids is 1. The maximum absolute atomic E-state index is 13.2. The molecule has 1 aliphatic carbocycles. The number of hydrogen-bond donors (Lipinski definition) is 2. The Kier molecular flexibility index (Phi) is 5.63. The average Bonchev–Trinajstić information content (AvgIpc) is 3.13. The van der Waals surface area contributed by atoms with Gasteiger partial charge in [0.15, 0.2) is 0 Å². The quantitative estimate of drug-likeness (QED) is 0.881. The molecule has 23 heavy (non-hydrogen) atoms. The highest BCUT2D eigenvalue weighted by Crippen LogP contribution is 2.40. The maximum atomic E-state index is 13.2. The van der Waals surface area contributed by atoms with Crippen molar-refractivity contribution >= 4 is 18.3 Å². The van der Waals surface area contributed by atoms with E-state index in [4.69, 9.17) is 0 Å². The van der Waals surface area contributed by atoms with Crippen LogP contribution in [0.25, 0.3) is 0 Å². The van der Waals surface area contributed by atoms with E-state index >= 15 is 0 Å². The number of hydrogen-bond acceptors (Lipinski definition) is 2. The molecule has 1 saturated carbocycles. The van der Waals surface area contributed by atoms with Crippen LogP contribution in [0.2, 0.25) is 0 Å². The molecule has 1 aliphatic heterocycles. The van der Waals surface area contributed by atoms with Gasteiger partial charge in [-0.15, -0.1) is 12.4 Å². The van der Waals surface area contributed by atoms with E-state index in [1.54, 1.807) is 0 Å². The van der Waals surface area contributed by atoms with Crippen molar-refractivity contribution in [1.82, 2.24) is 10.6 Å². The molecule has 2 aliphatic rings. The van der Waals surface area contributed by atoms with Crippen molar-refractivity contribution in [3.05, 3.63) is 35.9 Å². The van der Waals surface area contributed by atoms with Crippen LogP contribution < -0.4 is 10.6 Å². The Morgan fingerprint density at radius 3 is 2.43 bits per heavy atom. The van der Waals surface area contributed by atoms with Crippen molar-refractivity contribution in [1.29, 1.82) is 0 Å². The minimum atomic E-state index is -2.77. The lowest BCUT2D eigenvalue weighted by atomic mass is 9.79. The SMILES string of the molecule is Cl.O=C(NCC1(c2ccccc2)CCCC1)C1CC(F)(F)CN1. The first-order valence-corrected chi connectivity index (χ1v) is 7.95. The summed E-state index contributed by atoms with van der Waals surface area (Å²) in [6.07, 6.45) is 3.95. The van der Waals surface area contributed by atoms with E-state index in [1.165, 1.54) is 5.56 Å². The van der Waals surface area contributed by atoms with Crippen molar-refractivity contribution in [3.8, 4) is 0 Å². The Morgan fingerprint density at radius 1 is 1.22 bits per heavy atom. The molecule has 6 heteroatoms. The number of rotatable bonds is 4. The molecule has 2 fully saturated rings. The highest BCUT2D eigenvalue weighted by atomic mass is 35.5. The van der Waals surface area contributed by atoms with E-state index in [9.17, 15) is 13.6 Å². The fourth-order valence-electron chi connectivity index (χ4n) is 3.69. The first-order valence-electron chi connectivity index (χ1n) is 7.95. The predicted octanol–water partition coefficient (Wildman–Crippen LogP) is 3.03. The van der Waals surface area contributed by atoms with Gasteiger partial charge >= 0.3 is 0 Å². The van der Waals surface area contributed by atoms with Gasteiger partial charge in [0.05, 0.1) is 12.6 Å². The first kappa shape index (κ1) is 18.1. The van der Waals surface area contributed by atoms with Crippen molar-refractivity contribution in [3.63, 3.8) is 0 Å². The van der Waals surface area contributed by atoms with Gasteiger partial charge < -0.3 is 5.32 Å².